The number of sulfonamides is 1. The first-order valence-corrected chi connectivity index (χ1v) is 15.0. The number of nitrogens with zero attached hydrogens (tertiary/aromatic N) is 7. The molecule has 4 heterocycles. The summed E-state index contributed by atoms with van der Waals surface area (Å²) >= 11 is 0. The topological polar surface area (TPSA) is 127 Å². The minimum atomic E-state index is -3.35. The van der Waals surface area contributed by atoms with Gasteiger partial charge in [0.2, 0.25) is 15.9 Å². The van der Waals surface area contributed by atoms with Gasteiger partial charge in [0, 0.05) is 36.4 Å². The van der Waals surface area contributed by atoms with Gasteiger partial charge in [-0.2, -0.15) is 14.7 Å². The van der Waals surface area contributed by atoms with Gasteiger partial charge in [-0.1, -0.05) is 38.1 Å². The number of benzene rings is 1. The van der Waals surface area contributed by atoms with Crippen molar-refractivity contribution in [2.75, 3.05) is 18.8 Å². The van der Waals surface area contributed by atoms with Crippen molar-refractivity contribution in [3.63, 3.8) is 0 Å². The predicted octanol–water partition coefficient (Wildman–Crippen LogP) is 4.21. The number of fused-ring (bicyclic) bond motifs is 1. The van der Waals surface area contributed by atoms with Crippen molar-refractivity contribution < 1.29 is 13.2 Å². The lowest BCUT2D eigenvalue weighted by atomic mass is 9.89. The molecule has 5 rings (SSSR count). The molecule has 0 radical (unpaired) electrons. The number of carbonyl (C=O) groups excluding carboxylic acids is 1. The fourth-order valence-corrected chi connectivity index (χ4v) is 6.54. The molecule has 1 fully saturated rings. The molecule has 1 aliphatic heterocycles. The molecule has 0 amide bonds. The summed E-state index contributed by atoms with van der Waals surface area (Å²) in [7, 11) is -3.35. The Hall–Kier alpha value is -3.88. The largest absolute Gasteiger partial charge is 0.273 e. The Kier molecular flexibility index (Phi) is 7.33. The smallest absolute Gasteiger partial charge is 0.239 e. The van der Waals surface area contributed by atoms with Gasteiger partial charge < -0.3 is 0 Å². The monoisotopic (exact) mass is 559 g/mol. The van der Waals surface area contributed by atoms with E-state index in [0.717, 1.165) is 12.0 Å². The third-order valence-electron chi connectivity index (χ3n) is 7.66. The zero-order valence-corrected chi connectivity index (χ0v) is 24.0. The fraction of sp³-hybridized carbons (Fsp3) is 0.414. The van der Waals surface area contributed by atoms with Crippen LogP contribution >= 0.6 is 0 Å². The summed E-state index contributed by atoms with van der Waals surface area (Å²) in [5.74, 6) is 0.120. The zero-order valence-electron chi connectivity index (χ0n) is 23.1. The highest BCUT2D eigenvalue weighted by molar-refractivity contribution is 7.89. The molecule has 10 nitrogen and oxygen atoms in total. The van der Waals surface area contributed by atoms with Gasteiger partial charge in [0.05, 0.1) is 36.1 Å². The Morgan fingerprint density at radius 2 is 1.85 bits per heavy atom. The Morgan fingerprint density at radius 1 is 1.12 bits per heavy atom. The van der Waals surface area contributed by atoms with Crippen LogP contribution in [0.3, 0.4) is 0 Å². The second-order valence-electron chi connectivity index (χ2n) is 10.9. The first-order valence-electron chi connectivity index (χ1n) is 13.4. The highest BCUT2D eigenvalue weighted by Crippen LogP contribution is 2.36. The lowest BCUT2D eigenvalue weighted by molar-refractivity contribution is 0.0719. The Bertz CT molecular complexity index is 1690. The molecule has 0 bridgehead atoms. The molecule has 1 aromatic carbocycles. The molecule has 0 aliphatic carbocycles. The molecule has 1 aliphatic rings. The van der Waals surface area contributed by atoms with Crippen molar-refractivity contribution >= 4 is 27.0 Å². The standard InChI is InChI=1S/C29H33N7O3S/c1-5-40(38,39)34-17-29(18-34,11-12-30)36-16-24(15-33-36)26-25-10-13-35(27(25)32-19-31-26)28(37)21(4)23-8-6-22(7-9-23)14-20(2)3/h6-10,13,15-16,19-21H,5,11,14,17-18H2,1-4H3. The summed E-state index contributed by atoms with van der Waals surface area (Å²) in [6.07, 6.45) is 7.71. The van der Waals surface area contributed by atoms with E-state index in [-0.39, 0.29) is 37.1 Å². The van der Waals surface area contributed by atoms with E-state index in [1.807, 2.05) is 25.1 Å². The molecule has 4 aromatic rings. The molecule has 3 aromatic heterocycles. The highest BCUT2D eigenvalue weighted by atomic mass is 32.2. The van der Waals surface area contributed by atoms with Crippen LogP contribution in [0.2, 0.25) is 0 Å². The van der Waals surface area contributed by atoms with Crippen molar-refractivity contribution in [3.05, 3.63) is 66.4 Å². The molecule has 1 saturated heterocycles. The third-order valence-corrected chi connectivity index (χ3v) is 9.44. The lowest BCUT2D eigenvalue weighted by Crippen LogP contribution is -2.64. The SMILES string of the molecule is CCS(=O)(=O)N1CC(CC#N)(n2cc(-c3ncnc4c3ccn4C(=O)C(C)c3ccc(CC(C)C)cc3)cn2)C1. The average Bonchev–Trinajstić information content (AvgIpc) is 3.58. The Labute approximate surface area is 234 Å². The van der Waals surface area contributed by atoms with Crippen LogP contribution in [0.15, 0.2) is 55.2 Å². The third kappa shape index (κ3) is 4.93. The van der Waals surface area contributed by atoms with Crippen LogP contribution in [0.25, 0.3) is 22.3 Å². The Balaban J connectivity index is 1.41. The number of hydrogen-bond acceptors (Lipinski definition) is 7. The van der Waals surface area contributed by atoms with E-state index in [9.17, 15) is 18.5 Å². The van der Waals surface area contributed by atoms with E-state index >= 15 is 0 Å². The second kappa shape index (κ2) is 10.6. The molecule has 1 unspecified atom stereocenters. The van der Waals surface area contributed by atoms with Crippen LogP contribution in [0.4, 0.5) is 0 Å². The van der Waals surface area contributed by atoms with Gasteiger partial charge in [-0.15, -0.1) is 0 Å². The first kappa shape index (κ1) is 27.7. The van der Waals surface area contributed by atoms with Gasteiger partial charge in [0.1, 0.15) is 11.9 Å². The molecular formula is C29H33N7O3S. The van der Waals surface area contributed by atoms with E-state index in [4.69, 9.17) is 0 Å². The van der Waals surface area contributed by atoms with E-state index in [1.54, 1.807) is 34.8 Å². The number of aromatic nitrogens is 5. The molecule has 0 saturated carbocycles. The quantitative estimate of drug-likeness (QED) is 0.301. The van der Waals surface area contributed by atoms with E-state index in [0.29, 0.717) is 28.2 Å². The minimum Gasteiger partial charge on any atom is -0.273 e. The van der Waals surface area contributed by atoms with Gasteiger partial charge in [-0.05, 0) is 43.4 Å². The first-order chi connectivity index (χ1) is 19.1. The summed E-state index contributed by atoms with van der Waals surface area (Å²) in [6, 6.07) is 12.2. The predicted molar refractivity (Wildman–Crippen MR) is 152 cm³/mol. The summed E-state index contributed by atoms with van der Waals surface area (Å²) in [5.41, 5.74) is 3.27. The molecular weight excluding hydrogens is 526 g/mol. The van der Waals surface area contributed by atoms with Crippen molar-refractivity contribution in [1.29, 1.82) is 5.26 Å². The number of carbonyl (C=O) groups is 1. The maximum Gasteiger partial charge on any atom is 0.239 e. The number of rotatable bonds is 9. The number of hydrogen-bond donors (Lipinski definition) is 0. The number of nitriles is 1. The van der Waals surface area contributed by atoms with Crippen molar-refractivity contribution in [2.24, 2.45) is 5.92 Å². The second-order valence-corrected chi connectivity index (χ2v) is 13.2. The highest BCUT2D eigenvalue weighted by Gasteiger charge is 2.49. The normalized spacial score (nSPS) is 16.1. The average molecular weight is 560 g/mol. The lowest BCUT2D eigenvalue weighted by Gasteiger charge is -2.47. The molecule has 11 heteroatoms. The van der Waals surface area contributed by atoms with Crippen LogP contribution < -0.4 is 0 Å². The summed E-state index contributed by atoms with van der Waals surface area (Å²) < 4.78 is 29.2. The molecule has 0 N–H and O–H groups in total. The van der Waals surface area contributed by atoms with E-state index in [1.165, 1.54) is 16.2 Å². The summed E-state index contributed by atoms with van der Waals surface area (Å²) in [5, 5.41) is 14.7. The van der Waals surface area contributed by atoms with Crippen LogP contribution in [0, 0.1) is 17.2 Å². The summed E-state index contributed by atoms with van der Waals surface area (Å²) in [6.45, 7) is 8.25. The molecule has 208 valence electrons. The van der Waals surface area contributed by atoms with Crippen molar-refractivity contribution in [2.45, 2.75) is 52.0 Å². The van der Waals surface area contributed by atoms with Gasteiger partial charge in [0.25, 0.3) is 0 Å². The van der Waals surface area contributed by atoms with Gasteiger partial charge in [-0.25, -0.2) is 18.4 Å². The molecule has 1 atom stereocenters. The van der Waals surface area contributed by atoms with Crippen LogP contribution in [-0.4, -0.2) is 61.8 Å². The van der Waals surface area contributed by atoms with E-state index < -0.39 is 15.6 Å². The van der Waals surface area contributed by atoms with Gasteiger partial charge in [-0.3, -0.25) is 14.0 Å². The summed E-state index contributed by atoms with van der Waals surface area (Å²) in [4.78, 5) is 22.4. The van der Waals surface area contributed by atoms with Crippen molar-refractivity contribution in [3.8, 4) is 17.3 Å². The fourth-order valence-electron chi connectivity index (χ4n) is 5.30. The van der Waals surface area contributed by atoms with Crippen LogP contribution in [0.1, 0.15) is 56.0 Å². The van der Waals surface area contributed by atoms with Crippen molar-refractivity contribution in [1.82, 2.24) is 28.6 Å². The van der Waals surface area contributed by atoms with Crippen LogP contribution in [-0.2, 0) is 22.0 Å². The zero-order chi connectivity index (χ0) is 28.7. The molecule has 40 heavy (non-hydrogen) atoms. The maximum atomic E-state index is 13.5. The Morgan fingerprint density at radius 3 is 2.50 bits per heavy atom. The molecule has 0 spiro atoms. The van der Waals surface area contributed by atoms with E-state index in [2.05, 4.69) is 47.1 Å². The minimum absolute atomic E-state index is 0.0106. The maximum absolute atomic E-state index is 13.5. The van der Waals surface area contributed by atoms with Gasteiger partial charge >= 0.3 is 0 Å². The van der Waals surface area contributed by atoms with Crippen LogP contribution in [0.5, 0.6) is 0 Å². The van der Waals surface area contributed by atoms with Gasteiger partial charge in [0.15, 0.2) is 5.65 Å².